The van der Waals surface area contributed by atoms with Crippen molar-refractivity contribution in [1.82, 2.24) is 10.2 Å². The standard InChI is InChI=1S/C18H26N2O/c1-2-5-15-10-16(8-7-14(15)4-1)19-11-18-12-20-9-3-6-17(20)13-21-18/h1-2,4-5,16-19H,3,6-13H2. The normalized spacial score (nSPS) is 32.7. The number of nitrogens with one attached hydrogen (secondary N) is 1. The lowest BCUT2D eigenvalue weighted by atomic mass is 9.88. The van der Waals surface area contributed by atoms with Gasteiger partial charge in [-0.05, 0) is 49.8 Å². The number of benzene rings is 1. The van der Waals surface area contributed by atoms with E-state index in [1.165, 1.54) is 44.2 Å². The van der Waals surface area contributed by atoms with Crippen molar-refractivity contribution in [1.29, 1.82) is 0 Å². The summed E-state index contributed by atoms with van der Waals surface area (Å²) in [6.45, 7) is 4.36. The molecular weight excluding hydrogens is 260 g/mol. The maximum Gasteiger partial charge on any atom is 0.0827 e. The molecule has 0 bridgehead atoms. The molecule has 1 aromatic rings. The zero-order valence-corrected chi connectivity index (χ0v) is 12.8. The molecule has 1 aromatic carbocycles. The predicted molar refractivity (Wildman–Crippen MR) is 84.6 cm³/mol. The summed E-state index contributed by atoms with van der Waals surface area (Å²) in [5, 5.41) is 3.76. The van der Waals surface area contributed by atoms with Gasteiger partial charge in [0.05, 0.1) is 12.7 Å². The Kier molecular flexibility index (Phi) is 3.97. The Labute approximate surface area is 127 Å². The van der Waals surface area contributed by atoms with Crippen LogP contribution in [0.15, 0.2) is 24.3 Å². The molecule has 2 heterocycles. The van der Waals surface area contributed by atoms with Crippen LogP contribution in [-0.2, 0) is 17.6 Å². The van der Waals surface area contributed by atoms with E-state index in [4.69, 9.17) is 4.74 Å². The van der Waals surface area contributed by atoms with Crippen molar-refractivity contribution in [3.63, 3.8) is 0 Å². The molecule has 4 rings (SSSR count). The topological polar surface area (TPSA) is 24.5 Å². The summed E-state index contributed by atoms with van der Waals surface area (Å²) < 4.78 is 6.05. The van der Waals surface area contributed by atoms with Crippen LogP contribution < -0.4 is 5.32 Å². The van der Waals surface area contributed by atoms with Gasteiger partial charge >= 0.3 is 0 Å². The minimum Gasteiger partial charge on any atom is -0.374 e. The quantitative estimate of drug-likeness (QED) is 0.920. The lowest BCUT2D eigenvalue weighted by molar-refractivity contribution is -0.0479. The van der Waals surface area contributed by atoms with Crippen molar-refractivity contribution >= 4 is 0 Å². The van der Waals surface area contributed by atoms with E-state index in [-0.39, 0.29) is 0 Å². The highest BCUT2D eigenvalue weighted by Gasteiger charge is 2.32. The van der Waals surface area contributed by atoms with Gasteiger partial charge in [-0.15, -0.1) is 0 Å². The number of nitrogens with zero attached hydrogens (tertiary/aromatic N) is 1. The third-order valence-electron chi connectivity index (χ3n) is 5.44. The third-order valence-corrected chi connectivity index (χ3v) is 5.44. The molecule has 114 valence electrons. The molecule has 0 spiro atoms. The molecule has 21 heavy (non-hydrogen) atoms. The summed E-state index contributed by atoms with van der Waals surface area (Å²) in [4.78, 5) is 2.63. The van der Waals surface area contributed by atoms with Gasteiger partial charge in [-0.1, -0.05) is 24.3 Å². The summed E-state index contributed by atoms with van der Waals surface area (Å²) >= 11 is 0. The molecule has 2 saturated heterocycles. The average molecular weight is 286 g/mol. The monoisotopic (exact) mass is 286 g/mol. The Balaban J connectivity index is 1.28. The van der Waals surface area contributed by atoms with Crippen LogP contribution in [0.4, 0.5) is 0 Å². The molecule has 0 radical (unpaired) electrons. The first-order valence-corrected chi connectivity index (χ1v) is 8.54. The zero-order valence-electron chi connectivity index (χ0n) is 12.8. The second-order valence-corrected chi connectivity index (χ2v) is 6.86. The van der Waals surface area contributed by atoms with Crippen molar-refractivity contribution in [2.75, 3.05) is 26.2 Å². The van der Waals surface area contributed by atoms with Gasteiger partial charge in [0.1, 0.15) is 0 Å². The second kappa shape index (κ2) is 6.07. The Morgan fingerprint density at radius 2 is 2.10 bits per heavy atom. The van der Waals surface area contributed by atoms with Gasteiger partial charge in [0.2, 0.25) is 0 Å². The van der Waals surface area contributed by atoms with E-state index < -0.39 is 0 Å². The molecule has 3 aliphatic rings. The van der Waals surface area contributed by atoms with Gasteiger partial charge in [0.15, 0.2) is 0 Å². The molecule has 0 aromatic heterocycles. The van der Waals surface area contributed by atoms with E-state index in [2.05, 4.69) is 34.5 Å². The van der Waals surface area contributed by atoms with Gasteiger partial charge in [0.25, 0.3) is 0 Å². The van der Waals surface area contributed by atoms with Crippen molar-refractivity contribution in [2.45, 2.75) is 50.3 Å². The smallest absolute Gasteiger partial charge is 0.0827 e. The SMILES string of the molecule is c1ccc2c(c1)CCC(NCC1CN3CCCC3CO1)C2. The number of hydrogen-bond donors (Lipinski definition) is 1. The van der Waals surface area contributed by atoms with Crippen LogP contribution in [0.25, 0.3) is 0 Å². The van der Waals surface area contributed by atoms with Crippen molar-refractivity contribution < 1.29 is 4.74 Å². The first-order valence-electron chi connectivity index (χ1n) is 8.54. The van der Waals surface area contributed by atoms with E-state index in [1.807, 2.05) is 0 Å². The molecule has 3 heteroatoms. The molecule has 2 fully saturated rings. The predicted octanol–water partition coefficient (Wildman–Crippen LogP) is 2.00. The van der Waals surface area contributed by atoms with E-state index in [9.17, 15) is 0 Å². The van der Waals surface area contributed by atoms with Crippen LogP contribution in [0.3, 0.4) is 0 Å². The minimum absolute atomic E-state index is 0.386. The van der Waals surface area contributed by atoms with Gasteiger partial charge in [0, 0.05) is 25.2 Å². The Morgan fingerprint density at radius 1 is 1.19 bits per heavy atom. The largest absolute Gasteiger partial charge is 0.374 e. The molecule has 0 saturated carbocycles. The van der Waals surface area contributed by atoms with Crippen LogP contribution >= 0.6 is 0 Å². The fourth-order valence-electron chi connectivity index (χ4n) is 4.18. The van der Waals surface area contributed by atoms with E-state index in [0.717, 1.165) is 19.7 Å². The highest BCUT2D eigenvalue weighted by atomic mass is 16.5. The maximum atomic E-state index is 6.05. The fourth-order valence-corrected chi connectivity index (χ4v) is 4.18. The lowest BCUT2D eigenvalue weighted by Gasteiger charge is -2.36. The van der Waals surface area contributed by atoms with Crippen molar-refractivity contribution in [3.8, 4) is 0 Å². The molecule has 0 amide bonds. The van der Waals surface area contributed by atoms with Gasteiger partial charge in [-0.2, -0.15) is 0 Å². The number of aryl methyl sites for hydroxylation is 1. The minimum atomic E-state index is 0.386. The summed E-state index contributed by atoms with van der Waals surface area (Å²) in [6, 6.07) is 10.2. The first kappa shape index (κ1) is 13.7. The summed E-state index contributed by atoms with van der Waals surface area (Å²) in [6.07, 6.45) is 6.72. The molecule has 1 aliphatic carbocycles. The van der Waals surface area contributed by atoms with Crippen LogP contribution in [0, 0.1) is 0 Å². The summed E-state index contributed by atoms with van der Waals surface area (Å²) in [5.41, 5.74) is 3.08. The molecule has 3 nitrogen and oxygen atoms in total. The number of fused-ring (bicyclic) bond motifs is 2. The number of ether oxygens (including phenoxy) is 1. The Bertz CT molecular complexity index is 490. The zero-order chi connectivity index (χ0) is 14.1. The fraction of sp³-hybridized carbons (Fsp3) is 0.667. The van der Waals surface area contributed by atoms with Gasteiger partial charge < -0.3 is 10.1 Å². The third kappa shape index (κ3) is 3.01. The Hall–Kier alpha value is -0.900. The van der Waals surface area contributed by atoms with Crippen LogP contribution in [0.5, 0.6) is 0 Å². The molecular formula is C18H26N2O. The van der Waals surface area contributed by atoms with Crippen LogP contribution in [-0.4, -0.2) is 49.3 Å². The van der Waals surface area contributed by atoms with Gasteiger partial charge in [-0.25, -0.2) is 0 Å². The number of morpholine rings is 1. The van der Waals surface area contributed by atoms with Crippen molar-refractivity contribution in [2.24, 2.45) is 0 Å². The summed E-state index contributed by atoms with van der Waals surface area (Å²) in [7, 11) is 0. The Morgan fingerprint density at radius 3 is 3.05 bits per heavy atom. The number of rotatable bonds is 3. The highest BCUT2D eigenvalue weighted by Crippen LogP contribution is 2.23. The number of hydrogen-bond acceptors (Lipinski definition) is 3. The van der Waals surface area contributed by atoms with E-state index >= 15 is 0 Å². The second-order valence-electron chi connectivity index (χ2n) is 6.86. The first-order chi connectivity index (χ1) is 10.4. The van der Waals surface area contributed by atoms with E-state index in [0.29, 0.717) is 18.2 Å². The molecule has 1 N–H and O–H groups in total. The van der Waals surface area contributed by atoms with Gasteiger partial charge in [-0.3, -0.25) is 4.90 Å². The van der Waals surface area contributed by atoms with E-state index in [1.54, 1.807) is 5.56 Å². The molecule has 2 aliphatic heterocycles. The maximum absolute atomic E-state index is 6.05. The molecule has 3 unspecified atom stereocenters. The summed E-state index contributed by atoms with van der Waals surface area (Å²) in [5.74, 6) is 0. The highest BCUT2D eigenvalue weighted by molar-refractivity contribution is 5.30. The lowest BCUT2D eigenvalue weighted by Crippen LogP contribution is -2.51. The molecule has 3 atom stereocenters. The van der Waals surface area contributed by atoms with Crippen LogP contribution in [0.1, 0.15) is 30.4 Å². The van der Waals surface area contributed by atoms with Crippen molar-refractivity contribution in [3.05, 3.63) is 35.4 Å². The van der Waals surface area contributed by atoms with Crippen LogP contribution in [0.2, 0.25) is 0 Å². The average Bonchev–Trinajstić information content (AvgIpc) is 3.00.